The van der Waals surface area contributed by atoms with Gasteiger partial charge in [-0.3, -0.25) is 0 Å². The molecule has 3 nitrogen and oxygen atoms in total. The summed E-state index contributed by atoms with van der Waals surface area (Å²) in [6.45, 7) is 0.732. The maximum Gasteiger partial charge on any atom is 0.171 e. The molecule has 2 aromatic rings. The monoisotopic (exact) mass is 225 g/mol. The third kappa shape index (κ3) is 2.21. The molecule has 0 aliphatic carbocycles. The molecule has 0 spiro atoms. The topological polar surface area (TPSA) is 37.8 Å². The molecular formula is C9H8ClN3S. The zero-order valence-corrected chi connectivity index (χ0v) is 8.85. The van der Waals surface area contributed by atoms with Crippen LogP contribution in [0.4, 0.5) is 5.82 Å². The molecule has 0 aliphatic rings. The first-order chi connectivity index (χ1) is 6.86. The minimum absolute atomic E-state index is 0.407. The lowest BCUT2D eigenvalue weighted by atomic mass is 10.4. The summed E-state index contributed by atoms with van der Waals surface area (Å²) in [5, 5.41) is 5.56. The molecule has 0 radical (unpaired) electrons. The zero-order chi connectivity index (χ0) is 9.80. The highest BCUT2D eigenvalue weighted by Gasteiger charge is 2.00. The van der Waals surface area contributed by atoms with Crippen molar-refractivity contribution < 1.29 is 0 Å². The van der Waals surface area contributed by atoms with Gasteiger partial charge < -0.3 is 5.32 Å². The highest BCUT2D eigenvalue weighted by Crippen LogP contribution is 2.16. The van der Waals surface area contributed by atoms with Crippen LogP contribution in [0.3, 0.4) is 0 Å². The van der Waals surface area contributed by atoms with Crippen molar-refractivity contribution in [2.75, 3.05) is 5.32 Å². The van der Waals surface area contributed by atoms with Crippen molar-refractivity contribution in [1.29, 1.82) is 0 Å². The van der Waals surface area contributed by atoms with Crippen LogP contribution in [-0.4, -0.2) is 9.97 Å². The van der Waals surface area contributed by atoms with Gasteiger partial charge in [0.25, 0.3) is 0 Å². The molecule has 0 amide bonds. The number of thiophene rings is 1. The number of halogens is 1. The highest BCUT2D eigenvalue weighted by molar-refractivity contribution is 7.09. The molecule has 0 aliphatic heterocycles. The number of rotatable bonds is 3. The lowest BCUT2D eigenvalue weighted by Crippen LogP contribution is -2.00. The van der Waals surface area contributed by atoms with Crippen molar-refractivity contribution in [1.82, 2.24) is 9.97 Å². The van der Waals surface area contributed by atoms with Crippen LogP contribution in [0, 0.1) is 0 Å². The molecule has 14 heavy (non-hydrogen) atoms. The summed E-state index contributed by atoms with van der Waals surface area (Å²) >= 11 is 7.53. The van der Waals surface area contributed by atoms with Crippen molar-refractivity contribution in [2.45, 2.75) is 6.54 Å². The lowest BCUT2D eigenvalue weighted by Gasteiger charge is -2.03. The van der Waals surface area contributed by atoms with Crippen molar-refractivity contribution in [3.05, 3.63) is 39.9 Å². The Hall–Kier alpha value is -1.13. The normalized spacial score (nSPS) is 10.1. The maximum atomic E-state index is 5.83. The first-order valence-corrected chi connectivity index (χ1v) is 5.35. The maximum absolute atomic E-state index is 5.83. The molecule has 0 aromatic carbocycles. The van der Waals surface area contributed by atoms with Gasteiger partial charge in [0.15, 0.2) is 11.0 Å². The van der Waals surface area contributed by atoms with Crippen LogP contribution in [0.2, 0.25) is 5.15 Å². The Kier molecular flexibility index (Phi) is 2.96. The standard InChI is InChI=1S/C9H8ClN3S/c10-8-9(12-4-3-11-8)13-6-7-2-1-5-14-7/h1-5H,6H2,(H,12,13). The second kappa shape index (κ2) is 4.39. The smallest absolute Gasteiger partial charge is 0.171 e. The van der Waals surface area contributed by atoms with Gasteiger partial charge in [-0.05, 0) is 11.4 Å². The summed E-state index contributed by atoms with van der Waals surface area (Å²) < 4.78 is 0. The van der Waals surface area contributed by atoms with Crippen LogP contribution < -0.4 is 5.32 Å². The molecule has 0 bridgehead atoms. The SMILES string of the molecule is Clc1nccnc1NCc1cccs1. The molecule has 2 aromatic heterocycles. The van der Waals surface area contributed by atoms with Gasteiger partial charge in [0.1, 0.15) is 0 Å². The average molecular weight is 226 g/mol. The number of aromatic nitrogens is 2. The average Bonchev–Trinajstić information content (AvgIpc) is 2.69. The van der Waals surface area contributed by atoms with E-state index in [2.05, 4.69) is 21.4 Å². The first-order valence-electron chi connectivity index (χ1n) is 4.09. The van der Waals surface area contributed by atoms with Gasteiger partial charge in [0.05, 0.1) is 6.54 Å². The molecule has 2 heterocycles. The van der Waals surface area contributed by atoms with Crippen LogP contribution in [0.5, 0.6) is 0 Å². The molecule has 2 rings (SSSR count). The van der Waals surface area contributed by atoms with Crippen LogP contribution in [0.25, 0.3) is 0 Å². The number of anilines is 1. The molecule has 0 atom stereocenters. The Morgan fingerprint density at radius 2 is 2.21 bits per heavy atom. The minimum atomic E-state index is 0.407. The van der Waals surface area contributed by atoms with E-state index < -0.39 is 0 Å². The van der Waals surface area contributed by atoms with Crippen molar-refractivity contribution in [2.24, 2.45) is 0 Å². The van der Waals surface area contributed by atoms with E-state index in [9.17, 15) is 0 Å². The molecule has 5 heteroatoms. The Labute approximate surface area is 90.8 Å². The summed E-state index contributed by atoms with van der Waals surface area (Å²) in [7, 11) is 0. The summed E-state index contributed by atoms with van der Waals surface area (Å²) in [4.78, 5) is 9.24. The van der Waals surface area contributed by atoms with Crippen LogP contribution in [0.1, 0.15) is 4.88 Å². The van der Waals surface area contributed by atoms with E-state index >= 15 is 0 Å². The third-order valence-electron chi connectivity index (χ3n) is 1.66. The zero-order valence-electron chi connectivity index (χ0n) is 7.27. The van der Waals surface area contributed by atoms with Gasteiger partial charge in [0, 0.05) is 17.3 Å². The number of hydrogen-bond acceptors (Lipinski definition) is 4. The fourth-order valence-corrected chi connectivity index (χ4v) is 1.84. The predicted molar refractivity (Wildman–Crippen MR) is 58.7 cm³/mol. The molecular weight excluding hydrogens is 218 g/mol. The fourth-order valence-electron chi connectivity index (χ4n) is 1.02. The largest absolute Gasteiger partial charge is 0.363 e. The van der Waals surface area contributed by atoms with Gasteiger partial charge in [-0.1, -0.05) is 17.7 Å². The number of hydrogen-bond donors (Lipinski definition) is 1. The van der Waals surface area contributed by atoms with Crippen LogP contribution in [-0.2, 0) is 6.54 Å². The molecule has 1 N–H and O–H groups in total. The van der Waals surface area contributed by atoms with E-state index in [4.69, 9.17) is 11.6 Å². The van der Waals surface area contributed by atoms with Crippen molar-refractivity contribution in [3.63, 3.8) is 0 Å². The molecule has 0 unspecified atom stereocenters. The van der Waals surface area contributed by atoms with Crippen LogP contribution in [0.15, 0.2) is 29.9 Å². The Balaban J connectivity index is 2.02. The van der Waals surface area contributed by atoms with E-state index in [1.165, 1.54) is 4.88 Å². The molecule has 0 saturated heterocycles. The summed E-state index contributed by atoms with van der Waals surface area (Å²) in [6, 6.07) is 4.07. The number of nitrogens with zero attached hydrogens (tertiary/aromatic N) is 2. The molecule has 0 fully saturated rings. The Bertz CT molecular complexity index is 402. The van der Waals surface area contributed by atoms with Gasteiger partial charge in [0.2, 0.25) is 0 Å². The second-order valence-electron chi connectivity index (χ2n) is 2.63. The fraction of sp³-hybridized carbons (Fsp3) is 0.111. The highest BCUT2D eigenvalue weighted by atomic mass is 35.5. The van der Waals surface area contributed by atoms with Gasteiger partial charge in [-0.15, -0.1) is 11.3 Å². The van der Waals surface area contributed by atoms with E-state index in [0.717, 1.165) is 6.54 Å². The summed E-state index contributed by atoms with van der Waals surface area (Å²) in [6.07, 6.45) is 3.18. The van der Waals surface area contributed by atoms with E-state index in [1.54, 1.807) is 23.7 Å². The summed E-state index contributed by atoms with van der Waals surface area (Å²) in [5.41, 5.74) is 0. The van der Waals surface area contributed by atoms with Crippen molar-refractivity contribution >= 4 is 28.8 Å². The van der Waals surface area contributed by atoms with Crippen molar-refractivity contribution in [3.8, 4) is 0 Å². The van der Waals surface area contributed by atoms with Gasteiger partial charge in [-0.2, -0.15) is 0 Å². The van der Waals surface area contributed by atoms with E-state index in [-0.39, 0.29) is 0 Å². The Morgan fingerprint density at radius 3 is 2.93 bits per heavy atom. The number of nitrogens with one attached hydrogen (secondary N) is 1. The quantitative estimate of drug-likeness (QED) is 0.873. The second-order valence-corrected chi connectivity index (χ2v) is 4.02. The Morgan fingerprint density at radius 1 is 1.36 bits per heavy atom. The van der Waals surface area contributed by atoms with Gasteiger partial charge >= 0.3 is 0 Å². The van der Waals surface area contributed by atoms with E-state index in [0.29, 0.717) is 11.0 Å². The minimum Gasteiger partial charge on any atom is -0.363 e. The van der Waals surface area contributed by atoms with Gasteiger partial charge in [-0.25, -0.2) is 9.97 Å². The lowest BCUT2D eigenvalue weighted by molar-refractivity contribution is 1.11. The van der Waals surface area contributed by atoms with Crippen LogP contribution >= 0.6 is 22.9 Å². The predicted octanol–water partition coefficient (Wildman–Crippen LogP) is 2.80. The van der Waals surface area contributed by atoms with E-state index in [1.807, 2.05) is 11.4 Å². The molecule has 0 saturated carbocycles. The first kappa shape index (κ1) is 9.43. The summed E-state index contributed by atoms with van der Waals surface area (Å²) in [5.74, 6) is 0.627. The molecule has 72 valence electrons. The third-order valence-corrected chi connectivity index (χ3v) is 2.82.